The quantitative estimate of drug-likeness (QED) is 0.797. The van der Waals surface area contributed by atoms with Crippen LogP contribution in [0, 0.1) is 0 Å². The molecular weight excluding hydrogens is 278 g/mol. The Balaban J connectivity index is 1.55. The van der Waals surface area contributed by atoms with Gasteiger partial charge in [0.25, 0.3) is 0 Å². The highest BCUT2D eigenvalue weighted by molar-refractivity contribution is 5.91. The van der Waals surface area contributed by atoms with Gasteiger partial charge in [0.15, 0.2) is 0 Å². The number of anilines is 1. The second kappa shape index (κ2) is 6.80. The Hall–Kier alpha value is -2.76. The number of amides is 1. The Kier molecular flexibility index (Phi) is 4.38. The van der Waals surface area contributed by atoms with E-state index in [1.165, 1.54) is 0 Å². The Morgan fingerprint density at radius 1 is 1.00 bits per heavy atom. The molecule has 2 aromatic heterocycles. The SMILES string of the molecule is O=C(/C=C/c1ccncc1)N1CCN(c2ncccn2)CC1. The zero-order valence-corrected chi connectivity index (χ0v) is 12.2. The summed E-state index contributed by atoms with van der Waals surface area (Å²) >= 11 is 0. The van der Waals surface area contributed by atoms with Gasteiger partial charge in [0.1, 0.15) is 0 Å². The van der Waals surface area contributed by atoms with Gasteiger partial charge in [-0.1, -0.05) is 0 Å². The molecule has 3 heterocycles. The largest absolute Gasteiger partial charge is 0.337 e. The van der Waals surface area contributed by atoms with Crippen LogP contribution in [0.5, 0.6) is 0 Å². The predicted octanol–water partition coefficient (Wildman–Crippen LogP) is 1.23. The number of aromatic nitrogens is 3. The molecule has 2 aromatic rings. The van der Waals surface area contributed by atoms with Crippen molar-refractivity contribution in [2.45, 2.75) is 0 Å². The van der Waals surface area contributed by atoms with Gasteiger partial charge in [0, 0.05) is 57.0 Å². The van der Waals surface area contributed by atoms with Gasteiger partial charge in [-0.3, -0.25) is 9.78 Å². The summed E-state index contributed by atoms with van der Waals surface area (Å²) in [7, 11) is 0. The predicted molar refractivity (Wildman–Crippen MR) is 84.1 cm³/mol. The van der Waals surface area contributed by atoms with Gasteiger partial charge in [-0.25, -0.2) is 9.97 Å². The first kappa shape index (κ1) is 14.2. The number of hydrogen-bond acceptors (Lipinski definition) is 5. The number of piperazine rings is 1. The highest BCUT2D eigenvalue weighted by Crippen LogP contribution is 2.10. The van der Waals surface area contributed by atoms with Gasteiger partial charge in [-0.15, -0.1) is 0 Å². The molecule has 0 aromatic carbocycles. The summed E-state index contributed by atoms with van der Waals surface area (Å²) in [6.07, 6.45) is 10.3. The summed E-state index contributed by atoms with van der Waals surface area (Å²) < 4.78 is 0. The lowest BCUT2D eigenvalue weighted by Crippen LogP contribution is -2.48. The number of carbonyl (C=O) groups is 1. The van der Waals surface area contributed by atoms with E-state index in [2.05, 4.69) is 19.9 Å². The summed E-state index contributed by atoms with van der Waals surface area (Å²) in [4.78, 5) is 28.6. The topological polar surface area (TPSA) is 62.2 Å². The molecule has 3 rings (SSSR count). The van der Waals surface area contributed by atoms with E-state index in [1.54, 1.807) is 36.9 Å². The summed E-state index contributed by atoms with van der Waals surface area (Å²) in [5.41, 5.74) is 0.972. The molecule has 6 heteroatoms. The minimum atomic E-state index is 0.0328. The maximum atomic E-state index is 12.2. The smallest absolute Gasteiger partial charge is 0.246 e. The van der Waals surface area contributed by atoms with E-state index in [0.29, 0.717) is 13.1 Å². The molecule has 22 heavy (non-hydrogen) atoms. The summed E-state index contributed by atoms with van der Waals surface area (Å²) in [6.45, 7) is 2.85. The molecule has 0 unspecified atom stereocenters. The van der Waals surface area contributed by atoms with Crippen molar-refractivity contribution in [3.8, 4) is 0 Å². The second-order valence-corrected chi connectivity index (χ2v) is 4.98. The molecule has 6 nitrogen and oxygen atoms in total. The van der Waals surface area contributed by atoms with Crippen LogP contribution in [-0.2, 0) is 4.79 Å². The summed E-state index contributed by atoms with van der Waals surface area (Å²) in [6, 6.07) is 5.54. The lowest BCUT2D eigenvalue weighted by molar-refractivity contribution is -0.126. The first-order chi connectivity index (χ1) is 10.8. The fourth-order valence-electron chi connectivity index (χ4n) is 2.33. The minimum absolute atomic E-state index is 0.0328. The van der Waals surface area contributed by atoms with E-state index in [0.717, 1.165) is 24.6 Å². The van der Waals surface area contributed by atoms with Gasteiger partial charge in [-0.05, 0) is 29.8 Å². The zero-order valence-electron chi connectivity index (χ0n) is 12.2. The van der Waals surface area contributed by atoms with Crippen LogP contribution in [-0.4, -0.2) is 51.9 Å². The van der Waals surface area contributed by atoms with Crippen LogP contribution in [0.1, 0.15) is 5.56 Å². The Bertz CT molecular complexity index is 636. The Labute approximate surface area is 129 Å². The van der Waals surface area contributed by atoms with Crippen LogP contribution in [0.25, 0.3) is 6.08 Å². The molecule has 0 N–H and O–H groups in total. The first-order valence-corrected chi connectivity index (χ1v) is 7.22. The third-order valence-corrected chi connectivity index (χ3v) is 3.55. The third kappa shape index (κ3) is 3.46. The molecular formula is C16H17N5O. The fraction of sp³-hybridized carbons (Fsp3) is 0.250. The van der Waals surface area contributed by atoms with Crippen molar-refractivity contribution in [1.29, 1.82) is 0 Å². The summed E-state index contributed by atoms with van der Waals surface area (Å²) in [5.74, 6) is 0.757. The van der Waals surface area contributed by atoms with Crippen LogP contribution in [0.15, 0.2) is 49.1 Å². The standard InChI is InChI=1S/C16H17N5O/c22-15(3-2-14-4-8-17-9-5-14)20-10-12-21(13-11-20)16-18-6-1-7-19-16/h1-9H,10-13H2/b3-2+. The van der Waals surface area contributed by atoms with Crippen molar-refractivity contribution in [2.24, 2.45) is 0 Å². The van der Waals surface area contributed by atoms with Gasteiger partial charge < -0.3 is 9.80 Å². The minimum Gasteiger partial charge on any atom is -0.337 e. The van der Waals surface area contributed by atoms with Crippen molar-refractivity contribution in [1.82, 2.24) is 19.9 Å². The van der Waals surface area contributed by atoms with E-state index >= 15 is 0 Å². The summed E-state index contributed by atoms with van der Waals surface area (Å²) in [5, 5.41) is 0. The van der Waals surface area contributed by atoms with Crippen molar-refractivity contribution in [3.63, 3.8) is 0 Å². The Morgan fingerprint density at radius 3 is 2.36 bits per heavy atom. The maximum absolute atomic E-state index is 12.2. The monoisotopic (exact) mass is 295 g/mol. The van der Waals surface area contributed by atoms with Crippen molar-refractivity contribution < 1.29 is 4.79 Å². The molecule has 1 fully saturated rings. The van der Waals surface area contributed by atoms with Gasteiger partial charge in [0.2, 0.25) is 11.9 Å². The number of pyridine rings is 1. The molecule has 0 bridgehead atoms. The molecule has 0 aliphatic carbocycles. The average molecular weight is 295 g/mol. The molecule has 0 spiro atoms. The van der Waals surface area contributed by atoms with Gasteiger partial charge >= 0.3 is 0 Å². The molecule has 1 amide bonds. The fourth-order valence-corrected chi connectivity index (χ4v) is 2.33. The lowest BCUT2D eigenvalue weighted by Gasteiger charge is -2.34. The zero-order chi connectivity index (χ0) is 15.2. The van der Waals surface area contributed by atoms with Crippen LogP contribution in [0.2, 0.25) is 0 Å². The van der Waals surface area contributed by atoms with Crippen molar-refractivity contribution in [2.75, 3.05) is 31.1 Å². The van der Waals surface area contributed by atoms with E-state index in [9.17, 15) is 4.79 Å². The molecule has 112 valence electrons. The normalized spacial score (nSPS) is 15.3. The molecule has 1 saturated heterocycles. The molecule has 0 saturated carbocycles. The molecule has 0 radical (unpaired) electrons. The van der Waals surface area contributed by atoms with Gasteiger partial charge in [-0.2, -0.15) is 0 Å². The second-order valence-electron chi connectivity index (χ2n) is 4.98. The van der Waals surface area contributed by atoms with E-state index in [-0.39, 0.29) is 5.91 Å². The van der Waals surface area contributed by atoms with Gasteiger partial charge in [0.05, 0.1) is 0 Å². The van der Waals surface area contributed by atoms with Crippen LogP contribution < -0.4 is 4.90 Å². The lowest BCUT2D eigenvalue weighted by atomic mass is 10.2. The number of carbonyl (C=O) groups excluding carboxylic acids is 1. The van der Waals surface area contributed by atoms with Crippen LogP contribution in [0.3, 0.4) is 0 Å². The number of rotatable bonds is 3. The van der Waals surface area contributed by atoms with Crippen molar-refractivity contribution >= 4 is 17.9 Å². The highest BCUT2D eigenvalue weighted by atomic mass is 16.2. The van der Waals surface area contributed by atoms with E-state index in [4.69, 9.17) is 0 Å². The van der Waals surface area contributed by atoms with Crippen molar-refractivity contribution in [3.05, 3.63) is 54.6 Å². The highest BCUT2D eigenvalue weighted by Gasteiger charge is 2.20. The number of nitrogens with zero attached hydrogens (tertiary/aromatic N) is 5. The average Bonchev–Trinajstić information content (AvgIpc) is 2.61. The maximum Gasteiger partial charge on any atom is 0.246 e. The van der Waals surface area contributed by atoms with Crippen LogP contribution >= 0.6 is 0 Å². The third-order valence-electron chi connectivity index (χ3n) is 3.55. The van der Waals surface area contributed by atoms with E-state index in [1.807, 2.05) is 23.1 Å². The van der Waals surface area contributed by atoms with E-state index < -0.39 is 0 Å². The number of hydrogen-bond donors (Lipinski definition) is 0. The molecule has 0 atom stereocenters. The molecule has 1 aliphatic rings. The molecule has 1 aliphatic heterocycles. The first-order valence-electron chi connectivity index (χ1n) is 7.22. The van der Waals surface area contributed by atoms with Crippen LogP contribution in [0.4, 0.5) is 5.95 Å². The Morgan fingerprint density at radius 2 is 1.68 bits per heavy atom.